The average Bonchev–Trinajstić information content (AvgIpc) is 2.28. The fourth-order valence-corrected chi connectivity index (χ4v) is 3.07. The first-order valence-electron chi connectivity index (χ1n) is 5.92. The van der Waals surface area contributed by atoms with Crippen LogP contribution >= 0.6 is 11.6 Å². The summed E-state index contributed by atoms with van der Waals surface area (Å²) in [7, 11) is 0. The van der Waals surface area contributed by atoms with E-state index < -0.39 is 0 Å². The highest BCUT2D eigenvalue weighted by molar-refractivity contribution is 6.20. The number of likely N-dealkylation sites (tertiary alicyclic amines) is 1. The molecule has 0 aromatic carbocycles. The smallest absolute Gasteiger partial charge is 0.220 e. The molecule has 1 aliphatic heterocycles. The molecule has 0 bridgehead atoms. The summed E-state index contributed by atoms with van der Waals surface area (Å²) < 4.78 is 0. The van der Waals surface area contributed by atoms with E-state index in [-0.39, 0.29) is 23.4 Å². The van der Waals surface area contributed by atoms with Crippen LogP contribution in [-0.2, 0) is 4.79 Å². The third kappa shape index (κ3) is 2.60. The third-order valence-electron chi connectivity index (χ3n) is 3.32. The molecule has 2 unspecified atom stereocenters. The molecule has 0 saturated carbocycles. The summed E-state index contributed by atoms with van der Waals surface area (Å²) in [6, 6.07) is 4.16. The lowest BCUT2D eigenvalue weighted by molar-refractivity contribution is -0.135. The Kier molecular flexibility index (Phi) is 3.67. The van der Waals surface area contributed by atoms with Gasteiger partial charge >= 0.3 is 0 Å². The van der Waals surface area contributed by atoms with Gasteiger partial charge in [0.15, 0.2) is 0 Å². The maximum atomic E-state index is 11.8. The quantitative estimate of drug-likeness (QED) is 0.720. The first-order chi connectivity index (χ1) is 8.09. The zero-order valence-corrected chi connectivity index (χ0v) is 10.9. The van der Waals surface area contributed by atoms with Crippen LogP contribution in [0.1, 0.15) is 38.3 Å². The summed E-state index contributed by atoms with van der Waals surface area (Å²) in [5, 5.41) is 0.130. The van der Waals surface area contributed by atoms with Crippen molar-refractivity contribution in [3.63, 3.8) is 0 Å². The molecule has 1 aromatic heterocycles. The van der Waals surface area contributed by atoms with E-state index in [1.54, 1.807) is 13.1 Å². The molecule has 17 heavy (non-hydrogen) atoms. The summed E-state index contributed by atoms with van der Waals surface area (Å²) in [4.78, 5) is 17.8. The molecule has 0 aliphatic carbocycles. The van der Waals surface area contributed by atoms with E-state index in [2.05, 4.69) is 11.9 Å². The molecule has 2 heterocycles. The highest BCUT2D eigenvalue weighted by atomic mass is 35.5. The number of hydrogen-bond donors (Lipinski definition) is 0. The number of carbonyl (C=O) groups is 1. The van der Waals surface area contributed by atoms with Crippen molar-refractivity contribution in [1.82, 2.24) is 9.88 Å². The SMILES string of the molecule is CC(=O)N1C(c2cccnc2)CC(Cl)C[C@H]1C. The number of alkyl halides is 1. The molecule has 4 heteroatoms. The minimum Gasteiger partial charge on any atom is -0.333 e. The number of rotatable bonds is 1. The molecule has 1 amide bonds. The molecule has 2 rings (SSSR count). The van der Waals surface area contributed by atoms with Gasteiger partial charge in [-0.3, -0.25) is 9.78 Å². The van der Waals surface area contributed by atoms with Gasteiger partial charge in [-0.25, -0.2) is 0 Å². The molecule has 0 radical (unpaired) electrons. The number of aromatic nitrogens is 1. The van der Waals surface area contributed by atoms with Crippen molar-refractivity contribution in [2.75, 3.05) is 0 Å². The lowest BCUT2D eigenvalue weighted by atomic mass is 9.92. The first kappa shape index (κ1) is 12.4. The van der Waals surface area contributed by atoms with Crippen molar-refractivity contribution in [3.8, 4) is 0 Å². The number of carbonyl (C=O) groups excluding carboxylic acids is 1. The van der Waals surface area contributed by atoms with Gasteiger partial charge in [0.2, 0.25) is 5.91 Å². The number of amides is 1. The van der Waals surface area contributed by atoms with E-state index in [0.29, 0.717) is 0 Å². The van der Waals surface area contributed by atoms with Crippen LogP contribution in [0.3, 0.4) is 0 Å². The number of hydrogen-bond acceptors (Lipinski definition) is 2. The number of piperidine rings is 1. The second kappa shape index (κ2) is 5.05. The first-order valence-corrected chi connectivity index (χ1v) is 6.36. The van der Waals surface area contributed by atoms with Crippen molar-refractivity contribution in [2.45, 2.75) is 44.1 Å². The number of pyridine rings is 1. The molecule has 1 fully saturated rings. The second-order valence-corrected chi connectivity index (χ2v) is 5.26. The maximum Gasteiger partial charge on any atom is 0.220 e. The molecule has 3 atom stereocenters. The highest BCUT2D eigenvalue weighted by Crippen LogP contribution is 2.36. The Hall–Kier alpha value is -1.09. The van der Waals surface area contributed by atoms with Gasteiger partial charge in [0.05, 0.1) is 6.04 Å². The molecule has 1 aromatic rings. The third-order valence-corrected chi connectivity index (χ3v) is 3.68. The van der Waals surface area contributed by atoms with Gasteiger partial charge in [-0.1, -0.05) is 6.07 Å². The minimum atomic E-state index is 0.0625. The van der Waals surface area contributed by atoms with Crippen molar-refractivity contribution >= 4 is 17.5 Å². The maximum absolute atomic E-state index is 11.8. The predicted molar refractivity (Wildman–Crippen MR) is 67.8 cm³/mol. The Morgan fingerprint density at radius 1 is 1.53 bits per heavy atom. The monoisotopic (exact) mass is 252 g/mol. The zero-order chi connectivity index (χ0) is 12.4. The Morgan fingerprint density at radius 2 is 2.29 bits per heavy atom. The van der Waals surface area contributed by atoms with Gasteiger partial charge in [-0.05, 0) is 31.4 Å². The predicted octanol–water partition coefficient (Wildman–Crippen LogP) is 2.76. The van der Waals surface area contributed by atoms with Gasteiger partial charge in [-0.15, -0.1) is 11.6 Å². The molecular weight excluding hydrogens is 236 g/mol. The lowest BCUT2D eigenvalue weighted by Gasteiger charge is -2.42. The Balaban J connectivity index is 2.31. The summed E-state index contributed by atoms with van der Waals surface area (Å²) in [5.41, 5.74) is 1.07. The molecule has 0 N–H and O–H groups in total. The summed E-state index contributed by atoms with van der Waals surface area (Å²) in [6.07, 6.45) is 5.23. The van der Waals surface area contributed by atoms with Crippen molar-refractivity contribution in [3.05, 3.63) is 30.1 Å². The number of halogens is 1. The fraction of sp³-hybridized carbons (Fsp3) is 0.538. The van der Waals surface area contributed by atoms with Gasteiger partial charge in [-0.2, -0.15) is 0 Å². The molecule has 3 nitrogen and oxygen atoms in total. The largest absolute Gasteiger partial charge is 0.333 e. The lowest BCUT2D eigenvalue weighted by Crippen LogP contribution is -2.46. The van der Waals surface area contributed by atoms with Gasteiger partial charge in [0.1, 0.15) is 0 Å². The Labute approximate surface area is 107 Å². The summed E-state index contributed by atoms with van der Waals surface area (Å²) >= 11 is 6.27. The van der Waals surface area contributed by atoms with E-state index >= 15 is 0 Å². The van der Waals surface area contributed by atoms with Crippen LogP contribution in [0.2, 0.25) is 0 Å². The normalized spacial score (nSPS) is 29.1. The fourth-order valence-electron chi connectivity index (χ4n) is 2.64. The number of nitrogens with zero attached hydrogens (tertiary/aromatic N) is 2. The second-order valence-electron chi connectivity index (χ2n) is 4.65. The van der Waals surface area contributed by atoms with Crippen LogP contribution in [0.15, 0.2) is 24.5 Å². The van der Waals surface area contributed by atoms with Crippen LogP contribution in [0.25, 0.3) is 0 Å². The van der Waals surface area contributed by atoms with Crippen molar-refractivity contribution in [2.24, 2.45) is 0 Å². The van der Waals surface area contributed by atoms with Crippen LogP contribution in [0.4, 0.5) is 0 Å². The highest BCUT2D eigenvalue weighted by Gasteiger charge is 2.34. The Bertz CT molecular complexity index is 396. The van der Waals surface area contributed by atoms with Crippen molar-refractivity contribution in [1.29, 1.82) is 0 Å². The van der Waals surface area contributed by atoms with Crippen LogP contribution in [-0.4, -0.2) is 27.2 Å². The average molecular weight is 253 g/mol. The van der Waals surface area contributed by atoms with Crippen LogP contribution in [0.5, 0.6) is 0 Å². The molecule has 0 spiro atoms. The van der Waals surface area contributed by atoms with Gasteiger partial charge < -0.3 is 4.90 Å². The van der Waals surface area contributed by atoms with Crippen LogP contribution in [0, 0.1) is 0 Å². The van der Waals surface area contributed by atoms with Crippen molar-refractivity contribution < 1.29 is 4.79 Å². The molecule has 1 saturated heterocycles. The Morgan fingerprint density at radius 3 is 2.88 bits per heavy atom. The molecule has 92 valence electrons. The van der Waals surface area contributed by atoms with E-state index in [4.69, 9.17) is 11.6 Å². The van der Waals surface area contributed by atoms with E-state index in [1.807, 2.05) is 23.2 Å². The van der Waals surface area contributed by atoms with E-state index in [1.165, 1.54) is 0 Å². The zero-order valence-electron chi connectivity index (χ0n) is 10.1. The van der Waals surface area contributed by atoms with Gasteiger partial charge in [0, 0.05) is 30.7 Å². The van der Waals surface area contributed by atoms with E-state index in [0.717, 1.165) is 18.4 Å². The topological polar surface area (TPSA) is 33.2 Å². The summed E-state index contributed by atoms with van der Waals surface area (Å²) in [6.45, 7) is 3.67. The molecule has 1 aliphatic rings. The molecular formula is C13H17ClN2O. The van der Waals surface area contributed by atoms with Crippen LogP contribution < -0.4 is 0 Å². The van der Waals surface area contributed by atoms with Gasteiger partial charge in [0.25, 0.3) is 0 Å². The van der Waals surface area contributed by atoms with E-state index in [9.17, 15) is 4.79 Å². The summed E-state index contributed by atoms with van der Waals surface area (Å²) in [5.74, 6) is 0.106. The minimum absolute atomic E-state index is 0.0625. The standard InChI is InChI=1S/C13H17ClN2O/c1-9-6-12(14)7-13(16(9)10(2)17)11-4-3-5-15-8-11/h3-5,8-9,12-13H,6-7H2,1-2H3/t9-,12?,13?/m1/s1.